The van der Waals surface area contributed by atoms with E-state index in [2.05, 4.69) is 43.8 Å². The van der Waals surface area contributed by atoms with Gasteiger partial charge in [0.25, 0.3) is 0 Å². The van der Waals surface area contributed by atoms with Gasteiger partial charge in [-0.05, 0) is 30.2 Å². The van der Waals surface area contributed by atoms with Gasteiger partial charge in [0.15, 0.2) is 11.9 Å². The van der Waals surface area contributed by atoms with Gasteiger partial charge in [0.05, 0.1) is 0 Å². The van der Waals surface area contributed by atoms with Crippen molar-refractivity contribution in [2.75, 3.05) is 0 Å². The Hall–Kier alpha value is -0.850. The number of aryl methyl sites for hydroxylation is 2. The van der Waals surface area contributed by atoms with Crippen molar-refractivity contribution in [2.45, 2.75) is 58.3 Å². The molecule has 0 radical (unpaired) electrons. The number of nitrogens with zero attached hydrogens (tertiary/aromatic N) is 1. The lowest BCUT2D eigenvalue weighted by atomic mass is 9.78. The zero-order valence-electron chi connectivity index (χ0n) is 11.6. The smallest absolute Gasteiger partial charge is 0.181 e. The van der Waals surface area contributed by atoms with Crippen LogP contribution in [0, 0.1) is 5.92 Å². The summed E-state index contributed by atoms with van der Waals surface area (Å²) in [4.78, 5) is 0. The third kappa shape index (κ3) is 2.88. The van der Waals surface area contributed by atoms with E-state index in [9.17, 15) is 0 Å². The molecule has 1 aromatic rings. The average molecular weight is 232 g/mol. The predicted octanol–water partition coefficient (Wildman–Crippen LogP) is 3.76. The van der Waals surface area contributed by atoms with Crippen LogP contribution in [-0.4, -0.2) is 0 Å². The van der Waals surface area contributed by atoms with Crippen molar-refractivity contribution in [1.82, 2.24) is 0 Å². The highest BCUT2D eigenvalue weighted by Gasteiger charge is 2.22. The van der Waals surface area contributed by atoms with E-state index in [1.165, 1.54) is 37.8 Å². The first-order valence-corrected chi connectivity index (χ1v) is 7.20. The molecule has 0 aliphatic heterocycles. The Labute approximate surface area is 106 Å². The Morgan fingerprint density at radius 1 is 1.29 bits per heavy atom. The summed E-state index contributed by atoms with van der Waals surface area (Å²) in [6.45, 7) is 4.66. The zero-order valence-corrected chi connectivity index (χ0v) is 11.6. The maximum absolute atomic E-state index is 2.42. The first-order chi connectivity index (χ1) is 8.22. The van der Waals surface area contributed by atoms with Gasteiger partial charge in [-0.15, -0.1) is 0 Å². The molecule has 1 unspecified atom stereocenters. The highest BCUT2D eigenvalue weighted by atomic mass is 14.9. The molecule has 2 rings (SSSR count). The molecule has 0 spiro atoms. The molecule has 1 heterocycles. The maximum atomic E-state index is 2.42. The monoisotopic (exact) mass is 232 g/mol. The molecule has 1 aliphatic carbocycles. The van der Waals surface area contributed by atoms with E-state index in [4.69, 9.17) is 0 Å². The van der Waals surface area contributed by atoms with Crippen LogP contribution in [0.3, 0.4) is 0 Å². The highest BCUT2D eigenvalue weighted by Crippen LogP contribution is 2.35. The molecular formula is C16H26N+. The van der Waals surface area contributed by atoms with E-state index in [-0.39, 0.29) is 0 Å². The average Bonchev–Trinajstić information content (AvgIpc) is 2.39. The minimum atomic E-state index is 0.738. The molecule has 1 atom stereocenters. The number of hydrogen-bond acceptors (Lipinski definition) is 0. The van der Waals surface area contributed by atoms with Crippen LogP contribution in [0.15, 0.2) is 18.3 Å². The summed E-state index contributed by atoms with van der Waals surface area (Å²) in [5, 5.41) is 0. The van der Waals surface area contributed by atoms with Crippen LogP contribution in [0.5, 0.6) is 0 Å². The predicted molar refractivity (Wildman–Crippen MR) is 72.0 cm³/mol. The van der Waals surface area contributed by atoms with Crippen LogP contribution < -0.4 is 4.57 Å². The van der Waals surface area contributed by atoms with Gasteiger partial charge in [0.2, 0.25) is 0 Å². The summed E-state index contributed by atoms with van der Waals surface area (Å²) >= 11 is 0. The summed E-state index contributed by atoms with van der Waals surface area (Å²) in [5.74, 6) is 1.66. The summed E-state index contributed by atoms with van der Waals surface area (Å²) in [6, 6.07) is 4.73. The zero-order chi connectivity index (χ0) is 12.3. The van der Waals surface area contributed by atoms with Crippen molar-refractivity contribution in [2.24, 2.45) is 13.0 Å². The number of aromatic nitrogens is 1. The van der Waals surface area contributed by atoms with Gasteiger partial charge in [-0.25, -0.2) is 4.57 Å². The topological polar surface area (TPSA) is 3.88 Å². The number of pyridine rings is 1. The Balaban J connectivity index is 2.15. The molecule has 1 aromatic heterocycles. The van der Waals surface area contributed by atoms with E-state index in [1.54, 1.807) is 5.56 Å². The van der Waals surface area contributed by atoms with E-state index in [1.807, 2.05) is 0 Å². The summed E-state index contributed by atoms with van der Waals surface area (Å²) in [6.07, 6.45) is 10.6. The van der Waals surface area contributed by atoms with Gasteiger partial charge in [0, 0.05) is 18.6 Å². The summed E-state index contributed by atoms with van der Waals surface area (Å²) < 4.78 is 2.25. The Morgan fingerprint density at radius 2 is 2.00 bits per heavy atom. The molecule has 1 aliphatic rings. The number of hydrogen-bond donors (Lipinski definition) is 0. The van der Waals surface area contributed by atoms with Crippen molar-refractivity contribution in [3.8, 4) is 0 Å². The minimum absolute atomic E-state index is 0.738. The van der Waals surface area contributed by atoms with Crippen molar-refractivity contribution in [3.05, 3.63) is 29.6 Å². The molecule has 0 aromatic carbocycles. The minimum Gasteiger partial charge on any atom is -0.205 e. The van der Waals surface area contributed by atoms with Crippen LogP contribution in [0.1, 0.15) is 63.1 Å². The van der Waals surface area contributed by atoms with Crippen LogP contribution in [0.25, 0.3) is 0 Å². The fraction of sp³-hybridized carbons (Fsp3) is 0.688. The van der Waals surface area contributed by atoms with Gasteiger partial charge in [-0.2, -0.15) is 0 Å². The highest BCUT2D eigenvalue weighted by molar-refractivity contribution is 5.18. The van der Waals surface area contributed by atoms with E-state index in [0.29, 0.717) is 0 Å². The largest absolute Gasteiger partial charge is 0.205 e. The standard InChI is InChI=1S/C16H26N/c1-4-16-12-15(10-11-17(16)3)13(2)14-8-6-5-7-9-14/h10-14H,4-9H2,1-3H3/q+1. The van der Waals surface area contributed by atoms with E-state index in [0.717, 1.165) is 18.3 Å². The third-order valence-corrected chi connectivity index (χ3v) is 4.52. The molecule has 94 valence electrons. The van der Waals surface area contributed by atoms with Crippen LogP contribution in [-0.2, 0) is 13.5 Å². The van der Waals surface area contributed by atoms with Crippen LogP contribution in [0.2, 0.25) is 0 Å². The fourth-order valence-corrected chi connectivity index (χ4v) is 3.18. The SMILES string of the molecule is CCc1cc(C(C)C2CCCCC2)cc[n+]1C. The Bertz CT molecular complexity index is 364. The first-order valence-electron chi connectivity index (χ1n) is 7.20. The molecule has 0 N–H and O–H groups in total. The lowest BCUT2D eigenvalue weighted by molar-refractivity contribution is -0.679. The Kier molecular flexibility index (Phi) is 4.20. The fourth-order valence-electron chi connectivity index (χ4n) is 3.18. The van der Waals surface area contributed by atoms with Crippen molar-refractivity contribution >= 4 is 0 Å². The lowest BCUT2D eigenvalue weighted by Crippen LogP contribution is -2.33. The lowest BCUT2D eigenvalue weighted by Gasteiger charge is -2.27. The summed E-state index contributed by atoms with van der Waals surface area (Å²) in [5.41, 5.74) is 3.00. The second-order valence-corrected chi connectivity index (χ2v) is 5.60. The molecule has 1 fully saturated rings. The molecule has 1 heteroatoms. The normalized spacial score (nSPS) is 19.2. The maximum Gasteiger partial charge on any atom is 0.181 e. The molecule has 0 bridgehead atoms. The molecule has 0 saturated heterocycles. The van der Waals surface area contributed by atoms with Crippen molar-refractivity contribution in [1.29, 1.82) is 0 Å². The van der Waals surface area contributed by atoms with Gasteiger partial charge in [-0.3, -0.25) is 0 Å². The second kappa shape index (κ2) is 5.66. The molecule has 1 nitrogen and oxygen atoms in total. The second-order valence-electron chi connectivity index (χ2n) is 5.60. The summed E-state index contributed by atoms with van der Waals surface area (Å²) in [7, 11) is 2.15. The van der Waals surface area contributed by atoms with Crippen LogP contribution in [0.4, 0.5) is 0 Å². The first kappa shape index (κ1) is 12.6. The van der Waals surface area contributed by atoms with Crippen LogP contribution >= 0.6 is 0 Å². The quantitative estimate of drug-likeness (QED) is 0.699. The van der Waals surface area contributed by atoms with E-state index >= 15 is 0 Å². The number of rotatable bonds is 3. The van der Waals surface area contributed by atoms with Gasteiger partial charge < -0.3 is 0 Å². The third-order valence-electron chi connectivity index (χ3n) is 4.52. The van der Waals surface area contributed by atoms with Gasteiger partial charge in [0.1, 0.15) is 7.05 Å². The van der Waals surface area contributed by atoms with E-state index < -0.39 is 0 Å². The molecule has 1 saturated carbocycles. The molecule has 0 amide bonds. The van der Waals surface area contributed by atoms with Crippen molar-refractivity contribution < 1.29 is 4.57 Å². The molecular weight excluding hydrogens is 206 g/mol. The molecule has 17 heavy (non-hydrogen) atoms. The Morgan fingerprint density at radius 3 is 2.65 bits per heavy atom. The van der Waals surface area contributed by atoms with Crippen molar-refractivity contribution in [3.63, 3.8) is 0 Å². The van der Waals surface area contributed by atoms with Gasteiger partial charge in [-0.1, -0.05) is 33.1 Å². The van der Waals surface area contributed by atoms with Gasteiger partial charge >= 0.3 is 0 Å².